The molecule has 0 aliphatic rings. The lowest BCUT2D eigenvalue weighted by Gasteiger charge is -2.22. The number of ether oxygens (including phenoxy) is 2. The molecule has 0 spiro atoms. The molecule has 0 radical (unpaired) electrons. The van der Waals surface area contributed by atoms with Gasteiger partial charge in [0.15, 0.2) is 0 Å². The lowest BCUT2D eigenvalue weighted by Crippen LogP contribution is -2.34. The van der Waals surface area contributed by atoms with Gasteiger partial charge >= 0.3 is 18.9 Å². The van der Waals surface area contributed by atoms with Crippen molar-refractivity contribution in [1.82, 2.24) is 0 Å². The van der Waals surface area contributed by atoms with Gasteiger partial charge in [0.05, 0.1) is 6.04 Å². The predicted octanol–water partition coefficient (Wildman–Crippen LogP) is 4.87. The van der Waals surface area contributed by atoms with Crippen molar-refractivity contribution >= 4 is 0 Å². The average molecular weight is 383 g/mol. The van der Waals surface area contributed by atoms with Gasteiger partial charge < -0.3 is 15.2 Å². The van der Waals surface area contributed by atoms with Crippen LogP contribution in [0.5, 0.6) is 11.5 Å². The SMILES string of the molecule is N[C@@H](c1ccc(OC(F)(F)F)cc1)c1ccccc1OC(F)(F)C(F)F. The van der Waals surface area contributed by atoms with Crippen molar-refractivity contribution in [3.8, 4) is 11.5 Å². The Kier molecular flexibility index (Phi) is 5.65. The largest absolute Gasteiger partial charge is 0.573 e. The van der Waals surface area contributed by atoms with E-state index in [1.165, 1.54) is 30.3 Å². The highest BCUT2D eigenvalue weighted by molar-refractivity contribution is 5.42. The van der Waals surface area contributed by atoms with Crippen LogP contribution < -0.4 is 15.2 Å². The molecule has 2 rings (SSSR count). The van der Waals surface area contributed by atoms with Crippen molar-refractivity contribution in [3.63, 3.8) is 0 Å². The summed E-state index contributed by atoms with van der Waals surface area (Å²) in [5, 5.41) is 0. The van der Waals surface area contributed by atoms with Crippen molar-refractivity contribution in [1.29, 1.82) is 0 Å². The maximum atomic E-state index is 13.2. The van der Waals surface area contributed by atoms with Gasteiger partial charge in [-0.3, -0.25) is 0 Å². The number of halogens is 7. The molecule has 0 saturated carbocycles. The van der Waals surface area contributed by atoms with Gasteiger partial charge in [-0.1, -0.05) is 30.3 Å². The van der Waals surface area contributed by atoms with Crippen molar-refractivity contribution in [2.75, 3.05) is 0 Å². The van der Waals surface area contributed by atoms with Gasteiger partial charge in [-0.25, -0.2) is 0 Å². The lowest BCUT2D eigenvalue weighted by molar-refractivity contribution is -0.274. The summed E-state index contributed by atoms with van der Waals surface area (Å²) in [5.41, 5.74) is 6.10. The zero-order valence-corrected chi connectivity index (χ0v) is 12.8. The fourth-order valence-corrected chi connectivity index (χ4v) is 2.08. The van der Waals surface area contributed by atoms with Crippen LogP contribution in [0.15, 0.2) is 48.5 Å². The quantitative estimate of drug-likeness (QED) is 0.724. The Morgan fingerprint density at radius 3 is 1.92 bits per heavy atom. The van der Waals surface area contributed by atoms with Gasteiger partial charge in [0, 0.05) is 5.56 Å². The molecule has 0 saturated heterocycles. The van der Waals surface area contributed by atoms with Crippen LogP contribution in [0.25, 0.3) is 0 Å². The molecule has 2 aromatic rings. The number of hydrogen-bond acceptors (Lipinski definition) is 3. The fourth-order valence-electron chi connectivity index (χ4n) is 2.08. The maximum absolute atomic E-state index is 13.2. The van der Waals surface area contributed by atoms with Crippen LogP contribution in [0.4, 0.5) is 30.7 Å². The highest BCUT2D eigenvalue weighted by atomic mass is 19.4. The first-order chi connectivity index (χ1) is 12.0. The minimum absolute atomic E-state index is 0.0442. The summed E-state index contributed by atoms with van der Waals surface area (Å²) in [6.45, 7) is 0. The van der Waals surface area contributed by atoms with E-state index in [0.717, 1.165) is 18.2 Å². The number of para-hydroxylation sites is 1. The molecule has 10 heteroatoms. The minimum atomic E-state index is -4.87. The molecule has 142 valence electrons. The molecule has 0 fully saturated rings. The fraction of sp³-hybridized carbons (Fsp3) is 0.250. The van der Waals surface area contributed by atoms with Gasteiger partial charge in [0.2, 0.25) is 0 Å². The Morgan fingerprint density at radius 2 is 1.38 bits per heavy atom. The molecule has 1 atom stereocenters. The van der Waals surface area contributed by atoms with Gasteiger partial charge in [-0.15, -0.1) is 13.2 Å². The molecule has 2 N–H and O–H groups in total. The molecule has 0 aromatic heterocycles. The minimum Gasteiger partial charge on any atom is -0.428 e. The average Bonchev–Trinajstić information content (AvgIpc) is 2.53. The highest BCUT2D eigenvalue weighted by Crippen LogP contribution is 2.34. The second-order valence-corrected chi connectivity index (χ2v) is 5.10. The Labute approximate surface area is 143 Å². The highest BCUT2D eigenvalue weighted by Gasteiger charge is 2.44. The van der Waals surface area contributed by atoms with Crippen molar-refractivity contribution in [2.45, 2.75) is 24.9 Å². The normalized spacial score (nSPS) is 13.6. The van der Waals surface area contributed by atoms with Gasteiger partial charge in [-0.05, 0) is 23.8 Å². The zero-order chi connectivity index (χ0) is 19.5. The molecule has 0 heterocycles. The number of nitrogens with two attached hydrogens (primary N) is 1. The first-order valence-electron chi connectivity index (χ1n) is 7.05. The summed E-state index contributed by atoms with van der Waals surface area (Å²) in [7, 11) is 0. The summed E-state index contributed by atoms with van der Waals surface area (Å²) in [4.78, 5) is 0. The van der Waals surface area contributed by atoms with Crippen LogP contribution in [0.2, 0.25) is 0 Å². The van der Waals surface area contributed by atoms with Crippen molar-refractivity contribution in [2.24, 2.45) is 5.73 Å². The Balaban J connectivity index is 2.26. The lowest BCUT2D eigenvalue weighted by atomic mass is 9.98. The summed E-state index contributed by atoms with van der Waals surface area (Å²) >= 11 is 0. The summed E-state index contributed by atoms with van der Waals surface area (Å²) in [6.07, 6.45) is -13.6. The molecule has 0 aliphatic carbocycles. The Morgan fingerprint density at radius 1 is 0.808 bits per heavy atom. The van der Waals surface area contributed by atoms with Crippen molar-refractivity contribution < 1.29 is 40.2 Å². The van der Waals surface area contributed by atoms with E-state index in [1.54, 1.807) is 0 Å². The van der Waals surface area contributed by atoms with E-state index < -0.39 is 36.4 Å². The number of rotatable bonds is 6. The molecule has 2 aromatic carbocycles. The molecule has 0 amide bonds. The first kappa shape index (κ1) is 19.8. The van der Waals surface area contributed by atoms with Gasteiger partial charge in [-0.2, -0.15) is 17.6 Å². The maximum Gasteiger partial charge on any atom is 0.573 e. The molecular weight excluding hydrogens is 371 g/mol. The Bertz CT molecular complexity index is 732. The van der Waals surface area contributed by atoms with E-state index in [2.05, 4.69) is 9.47 Å². The van der Waals surface area contributed by atoms with Crippen LogP contribution in [-0.2, 0) is 0 Å². The van der Waals surface area contributed by atoms with E-state index in [0.29, 0.717) is 0 Å². The standard InChI is InChI=1S/C16H12F7NO2/c17-14(18)15(19,20)26-12-4-2-1-3-11(12)13(24)9-5-7-10(8-6-9)25-16(21,22)23/h1-8,13-14H,24H2/t13-/m0/s1. The Hall–Kier alpha value is -2.49. The van der Waals surface area contributed by atoms with Crippen LogP contribution >= 0.6 is 0 Å². The molecular formula is C16H12F7NO2. The summed E-state index contributed by atoms with van der Waals surface area (Å²) in [6, 6.07) is 8.26. The second kappa shape index (κ2) is 7.40. The van der Waals surface area contributed by atoms with E-state index in [1.807, 2.05) is 0 Å². The summed E-state index contributed by atoms with van der Waals surface area (Å²) in [5.74, 6) is -1.07. The topological polar surface area (TPSA) is 44.5 Å². The predicted molar refractivity (Wildman–Crippen MR) is 77.2 cm³/mol. The first-order valence-corrected chi connectivity index (χ1v) is 7.05. The summed E-state index contributed by atoms with van der Waals surface area (Å²) < 4.78 is 95.2. The third-order valence-electron chi connectivity index (χ3n) is 3.23. The molecule has 26 heavy (non-hydrogen) atoms. The van der Waals surface area contributed by atoms with E-state index in [9.17, 15) is 30.7 Å². The van der Waals surface area contributed by atoms with Crippen LogP contribution in [0, 0.1) is 0 Å². The van der Waals surface area contributed by atoms with E-state index >= 15 is 0 Å². The smallest absolute Gasteiger partial charge is 0.428 e. The van der Waals surface area contributed by atoms with Gasteiger partial charge in [0.25, 0.3) is 0 Å². The number of hydrogen-bond donors (Lipinski definition) is 1. The third kappa shape index (κ3) is 5.01. The zero-order valence-electron chi connectivity index (χ0n) is 12.8. The van der Waals surface area contributed by atoms with E-state index in [4.69, 9.17) is 5.73 Å². The van der Waals surface area contributed by atoms with Crippen LogP contribution in [0.3, 0.4) is 0 Å². The number of benzene rings is 2. The molecule has 0 aliphatic heterocycles. The van der Waals surface area contributed by atoms with Crippen molar-refractivity contribution in [3.05, 3.63) is 59.7 Å². The second-order valence-electron chi connectivity index (χ2n) is 5.10. The molecule has 0 bridgehead atoms. The molecule has 3 nitrogen and oxygen atoms in total. The van der Waals surface area contributed by atoms with E-state index in [-0.39, 0.29) is 11.1 Å². The molecule has 0 unspecified atom stereocenters. The number of alkyl halides is 7. The van der Waals surface area contributed by atoms with Gasteiger partial charge in [0.1, 0.15) is 11.5 Å². The van der Waals surface area contributed by atoms with Crippen LogP contribution in [-0.4, -0.2) is 18.9 Å². The van der Waals surface area contributed by atoms with Crippen LogP contribution in [0.1, 0.15) is 17.2 Å². The monoisotopic (exact) mass is 383 g/mol. The third-order valence-corrected chi connectivity index (χ3v) is 3.23.